The molecule has 2 saturated heterocycles. The van der Waals surface area contributed by atoms with Gasteiger partial charge in [0.2, 0.25) is 0 Å². The molecule has 142 valence electrons. The van der Waals surface area contributed by atoms with Gasteiger partial charge in [0.15, 0.2) is 0 Å². The van der Waals surface area contributed by atoms with E-state index in [9.17, 15) is 0 Å². The number of pyridine rings is 1. The number of hydrogen-bond acceptors (Lipinski definition) is 4. The van der Waals surface area contributed by atoms with Crippen LogP contribution in [0.1, 0.15) is 38.8 Å². The molecule has 6 heteroatoms. The van der Waals surface area contributed by atoms with Crippen molar-refractivity contribution in [2.45, 2.75) is 51.4 Å². The molecule has 0 aromatic carbocycles. The highest BCUT2D eigenvalue weighted by molar-refractivity contribution is 5.81. The van der Waals surface area contributed by atoms with Crippen molar-refractivity contribution >= 4 is 11.0 Å². The van der Waals surface area contributed by atoms with Crippen molar-refractivity contribution in [2.24, 2.45) is 5.92 Å². The molecule has 0 radical (unpaired) electrons. The monoisotopic (exact) mass is 365 g/mol. The van der Waals surface area contributed by atoms with Gasteiger partial charge in [0.25, 0.3) is 0 Å². The Labute approximate surface area is 159 Å². The molecule has 0 spiro atoms. The van der Waals surface area contributed by atoms with Crippen molar-refractivity contribution in [3.05, 3.63) is 36.9 Å². The lowest BCUT2D eigenvalue weighted by Gasteiger charge is -2.22. The lowest BCUT2D eigenvalue weighted by Crippen LogP contribution is -2.18. The van der Waals surface area contributed by atoms with Crippen molar-refractivity contribution in [3.63, 3.8) is 0 Å². The zero-order chi connectivity index (χ0) is 18.2. The van der Waals surface area contributed by atoms with Crippen LogP contribution in [0.3, 0.4) is 0 Å². The standard InChI is InChI=1S/C21H27N5O/c1-15-8-16(10-22-15)13-25-6-5-17-9-18(11-23-21(17)25)19-12-24-26(14-19)20-4-2-3-7-27-20/h5-6,9,11-12,14-16,20,22H,2-4,7-8,10,13H2,1H3. The third-order valence-corrected chi connectivity index (χ3v) is 5.88. The second-order valence-electron chi connectivity index (χ2n) is 8.05. The van der Waals surface area contributed by atoms with E-state index in [1.54, 1.807) is 0 Å². The summed E-state index contributed by atoms with van der Waals surface area (Å²) in [6, 6.07) is 5.02. The largest absolute Gasteiger partial charge is 0.357 e. The first-order chi connectivity index (χ1) is 13.3. The Kier molecular flexibility index (Phi) is 4.45. The van der Waals surface area contributed by atoms with E-state index in [0.717, 1.165) is 49.3 Å². The number of fused-ring (bicyclic) bond motifs is 1. The minimum atomic E-state index is 0.0766. The Bertz CT molecular complexity index is 924. The van der Waals surface area contributed by atoms with Gasteiger partial charge in [0.1, 0.15) is 11.9 Å². The summed E-state index contributed by atoms with van der Waals surface area (Å²) in [5, 5.41) is 9.25. The number of aromatic nitrogens is 4. The molecule has 6 nitrogen and oxygen atoms in total. The molecule has 0 saturated carbocycles. The average molecular weight is 365 g/mol. The van der Waals surface area contributed by atoms with Crippen molar-refractivity contribution in [3.8, 4) is 11.1 Å². The first kappa shape index (κ1) is 17.0. The molecule has 27 heavy (non-hydrogen) atoms. The quantitative estimate of drug-likeness (QED) is 0.768. The minimum absolute atomic E-state index is 0.0766. The van der Waals surface area contributed by atoms with Gasteiger partial charge in [-0.05, 0) is 57.2 Å². The summed E-state index contributed by atoms with van der Waals surface area (Å²) < 4.78 is 10.1. The second-order valence-corrected chi connectivity index (χ2v) is 8.05. The normalized spacial score (nSPS) is 26.0. The summed E-state index contributed by atoms with van der Waals surface area (Å²) >= 11 is 0. The zero-order valence-electron chi connectivity index (χ0n) is 15.8. The molecule has 0 bridgehead atoms. The summed E-state index contributed by atoms with van der Waals surface area (Å²) in [6.45, 7) is 5.22. The van der Waals surface area contributed by atoms with Gasteiger partial charge >= 0.3 is 0 Å². The lowest BCUT2D eigenvalue weighted by molar-refractivity contribution is -0.0394. The van der Waals surface area contributed by atoms with E-state index >= 15 is 0 Å². The summed E-state index contributed by atoms with van der Waals surface area (Å²) in [5.41, 5.74) is 3.28. The molecule has 3 atom stereocenters. The van der Waals surface area contributed by atoms with E-state index in [2.05, 4.69) is 46.4 Å². The van der Waals surface area contributed by atoms with Gasteiger partial charge in [-0.1, -0.05) is 0 Å². The highest BCUT2D eigenvalue weighted by Crippen LogP contribution is 2.27. The molecule has 5 rings (SSSR count). The van der Waals surface area contributed by atoms with Gasteiger partial charge < -0.3 is 14.6 Å². The molecule has 3 aromatic heterocycles. The maximum atomic E-state index is 5.83. The van der Waals surface area contributed by atoms with Crippen LogP contribution in [0.15, 0.2) is 36.9 Å². The summed E-state index contributed by atoms with van der Waals surface area (Å²) in [5.74, 6) is 0.686. The van der Waals surface area contributed by atoms with Crippen LogP contribution in [-0.4, -0.2) is 38.5 Å². The third-order valence-electron chi connectivity index (χ3n) is 5.88. The van der Waals surface area contributed by atoms with E-state index in [1.807, 2.05) is 17.1 Å². The molecule has 0 aliphatic carbocycles. The third kappa shape index (κ3) is 3.39. The lowest BCUT2D eigenvalue weighted by atomic mass is 10.1. The Balaban J connectivity index is 1.36. The van der Waals surface area contributed by atoms with Crippen LogP contribution >= 0.6 is 0 Å². The van der Waals surface area contributed by atoms with Crippen molar-refractivity contribution < 1.29 is 4.74 Å². The van der Waals surface area contributed by atoms with Crippen LogP contribution in [0, 0.1) is 5.92 Å². The van der Waals surface area contributed by atoms with E-state index in [4.69, 9.17) is 9.72 Å². The topological polar surface area (TPSA) is 56.9 Å². The Morgan fingerprint density at radius 3 is 3.04 bits per heavy atom. The molecular weight excluding hydrogens is 338 g/mol. The van der Waals surface area contributed by atoms with Crippen LogP contribution in [0.4, 0.5) is 0 Å². The Morgan fingerprint density at radius 2 is 2.22 bits per heavy atom. The molecule has 5 heterocycles. The average Bonchev–Trinajstić information content (AvgIpc) is 3.43. The molecule has 2 aliphatic rings. The number of ether oxygens (including phenoxy) is 1. The SMILES string of the molecule is CC1CC(Cn2ccc3cc(-c4cnn(C5CCCCO5)c4)cnc32)CN1. The van der Waals surface area contributed by atoms with Gasteiger partial charge in [-0.15, -0.1) is 0 Å². The Hall–Kier alpha value is -2.18. The molecule has 2 fully saturated rings. The maximum absolute atomic E-state index is 5.83. The van der Waals surface area contributed by atoms with Crippen LogP contribution in [0.25, 0.3) is 22.2 Å². The first-order valence-corrected chi connectivity index (χ1v) is 10.1. The highest BCUT2D eigenvalue weighted by Gasteiger charge is 2.21. The molecule has 1 N–H and O–H groups in total. The second kappa shape index (κ2) is 7.09. The smallest absolute Gasteiger partial charge is 0.150 e. The molecule has 3 unspecified atom stereocenters. The van der Waals surface area contributed by atoms with Crippen molar-refractivity contribution in [2.75, 3.05) is 13.2 Å². The number of hydrogen-bond donors (Lipinski definition) is 1. The van der Waals surface area contributed by atoms with Crippen LogP contribution in [0.2, 0.25) is 0 Å². The fourth-order valence-electron chi connectivity index (χ4n) is 4.41. The zero-order valence-corrected chi connectivity index (χ0v) is 15.8. The van der Waals surface area contributed by atoms with Gasteiger partial charge in [0.05, 0.1) is 6.20 Å². The fourth-order valence-corrected chi connectivity index (χ4v) is 4.41. The fraction of sp³-hybridized carbons (Fsp3) is 0.524. The van der Waals surface area contributed by atoms with Gasteiger partial charge in [0, 0.05) is 54.3 Å². The maximum Gasteiger partial charge on any atom is 0.150 e. The van der Waals surface area contributed by atoms with Gasteiger partial charge in [-0.25, -0.2) is 9.67 Å². The molecule has 2 aliphatic heterocycles. The predicted octanol–water partition coefficient (Wildman–Crippen LogP) is 3.60. The van der Waals surface area contributed by atoms with Gasteiger partial charge in [-0.3, -0.25) is 0 Å². The first-order valence-electron chi connectivity index (χ1n) is 10.1. The summed E-state index contributed by atoms with van der Waals surface area (Å²) in [6.07, 6.45) is 12.9. The van der Waals surface area contributed by atoms with E-state index in [-0.39, 0.29) is 6.23 Å². The van der Waals surface area contributed by atoms with Crippen LogP contribution < -0.4 is 5.32 Å². The number of nitrogens with zero attached hydrogens (tertiary/aromatic N) is 4. The molecule has 3 aromatic rings. The summed E-state index contributed by atoms with van der Waals surface area (Å²) in [4.78, 5) is 4.77. The number of rotatable bonds is 4. The molecular formula is C21H27N5O. The number of nitrogens with one attached hydrogen (secondary N) is 1. The van der Waals surface area contributed by atoms with Crippen LogP contribution in [-0.2, 0) is 11.3 Å². The van der Waals surface area contributed by atoms with E-state index < -0.39 is 0 Å². The molecule has 0 amide bonds. The van der Waals surface area contributed by atoms with Gasteiger partial charge in [-0.2, -0.15) is 5.10 Å². The predicted molar refractivity (Wildman–Crippen MR) is 105 cm³/mol. The van der Waals surface area contributed by atoms with Crippen LogP contribution in [0.5, 0.6) is 0 Å². The van der Waals surface area contributed by atoms with Crippen molar-refractivity contribution in [1.82, 2.24) is 24.6 Å². The Morgan fingerprint density at radius 1 is 1.26 bits per heavy atom. The minimum Gasteiger partial charge on any atom is -0.357 e. The van der Waals surface area contributed by atoms with E-state index in [0.29, 0.717) is 12.0 Å². The van der Waals surface area contributed by atoms with Crippen molar-refractivity contribution in [1.29, 1.82) is 0 Å². The summed E-state index contributed by atoms with van der Waals surface area (Å²) in [7, 11) is 0. The highest BCUT2D eigenvalue weighted by atomic mass is 16.5. The van der Waals surface area contributed by atoms with E-state index in [1.165, 1.54) is 18.2 Å².